The number of esters is 1. The molecule has 0 saturated heterocycles. The first-order valence-corrected chi connectivity index (χ1v) is 18.9. The number of unbranched alkanes of at least 4 members (excludes halogenated alkanes) is 1. The number of hydrogen-bond donors (Lipinski definition) is 7. The number of fused-ring (bicyclic) bond motifs is 3. The maximum atomic E-state index is 13.4. The van der Waals surface area contributed by atoms with Crippen LogP contribution in [-0.4, -0.2) is 93.9 Å². The molecule has 0 aliphatic heterocycles. The van der Waals surface area contributed by atoms with Gasteiger partial charge in [-0.25, -0.2) is 19.8 Å². The second kappa shape index (κ2) is 20.9. The van der Waals surface area contributed by atoms with Crippen LogP contribution >= 0.6 is 0 Å². The lowest BCUT2D eigenvalue weighted by molar-refractivity contribution is -0.159. The van der Waals surface area contributed by atoms with Crippen molar-refractivity contribution < 1.29 is 48.5 Å². The Balaban J connectivity index is 1.23. The van der Waals surface area contributed by atoms with Crippen LogP contribution in [0.1, 0.15) is 82.4 Å². The standard InChI is InChI=1S/C41H52N6O10/c1-25(44-40(55)56-24-31-29-15-7-5-13-27(29)28-14-6-8-16-30(28)31)36(50)45-32(38(52)53)17-9-10-21-43-47-34(22-26-12-11-20-42-23-26)37(51)46-33(18-19-35(48)49)39(54)57-41(2,3)4/h5-8,11-16,20,23,25,31-34,43,47H,9-10,17-19,21-22,24H2,1-4H3,(H,44,55)(H,45,50)(H,46,51)(H,48,49)(H,52,53)/t25-,32-,33-,34-/m0/s1. The number of pyridine rings is 1. The van der Waals surface area contributed by atoms with Gasteiger partial charge in [0.25, 0.3) is 0 Å². The van der Waals surface area contributed by atoms with Crippen LogP contribution in [-0.2, 0) is 39.9 Å². The number of carbonyl (C=O) groups excluding carboxylic acids is 4. The van der Waals surface area contributed by atoms with Gasteiger partial charge >= 0.3 is 24.0 Å². The second-order valence-electron chi connectivity index (χ2n) is 14.8. The lowest BCUT2D eigenvalue weighted by Gasteiger charge is -2.26. The highest BCUT2D eigenvalue weighted by atomic mass is 16.6. The summed E-state index contributed by atoms with van der Waals surface area (Å²) in [6.45, 7) is 6.78. The van der Waals surface area contributed by atoms with Crippen molar-refractivity contribution >= 4 is 35.8 Å². The molecular weight excluding hydrogens is 736 g/mol. The summed E-state index contributed by atoms with van der Waals surface area (Å²) in [6, 6.07) is 14.9. The summed E-state index contributed by atoms with van der Waals surface area (Å²) in [4.78, 5) is 79.2. The van der Waals surface area contributed by atoms with Crippen molar-refractivity contribution in [3.05, 3.63) is 89.7 Å². The third-order valence-electron chi connectivity index (χ3n) is 9.14. The Morgan fingerprint density at radius 1 is 0.789 bits per heavy atom. The first-order chi connectivity index (χ1) is 27.1. The third-order valence-corrected chi connectivity index (χ3v) is 9.14. The highest BCUT2D eigenvalue weighted by Gasteiger charge is 2.31. The van der Waals surface area contributed by atoms with Crippen LogP contribution in [0.25, 0.3) is 11.1 Å². The fraction of sp³-hybridized carbons (Fsp3) is 0.439. The molecule has 1 aromatic heterocycles. The number of benzene rings is 2. The van der Waals surface area contributed by atoms with Crippen molar-refractivity contribution in [1.82, 2.24) is 31.8 Å². The predicted molar refractivity (Wildman–Crippen MR) is 209 cm³/mol. The summed E-state index contributed by atoms with van der Waals surface area (Å²) in [6.07, 6.45) is 2.90. The van der Waals surface area contributed by atoms with Crippen LogP contribution in [0.2, 0.25) is 0 Å². The maximum Gasteiger partial charge on any atom is 0.407 e. The number of ether oxygens (including phenoxy) is 2. The number of aliphatic carboxylic acids is 2. The number of hydrogen-bond acceptors (Lipinski definition) is 11. The zero-order valence-electron chi connectivity index (χ0n) is 32.6. The fourth-order valence-electron chi connectivity index (χ4n) is 6.32. The molecule has 0 unspecified atom stereocenters. The van der Waals surface area contributed by atoms with Crippen molar-refractivity contribution in [3.63, 3.8) is 0 Å². The van der Waals surface area contributed by atoms with Crippen LogP contribution in [0, 0.1) is 0 Å². The zero-order valence-corrected chi connectivity index (χ0v) is 32.6. The quantitative estimate of drug-likeness (QED) is 0.0466. The number of carboxylic acids is 2. The number of nitrogens with zero attached hydrogens (tertiary/aromatic N) is 1. The second-order valence-corrected chi connectivity index (χ2v) is 14.8. The Hall–Kier alpha value is -5.87. The predicted octanol–water partition coefficient (Wildman–Crippen LogP) is 3.45. The number of rotatable bonds is 21. The minimum atomic E-state index is -1.24. The van der Waals surface area contributed by atoms with Crippen LogP contribution in [0.15, 0.2) is 73.1 Å². The molecule has 0 bridgehead atoms. The average molecular weight is 789 g/mol. The summed E-state index contributed by atoms with van der Waals surface area (Å²) in [5, 5.41) is 26.6. The molecule has 3 amide bonds. The number of carbonyl (C=O) groups is 6. The molecule has 0 spiro atoms. The highest BCUT2D eigenvalue weighted by molar-refractivity contribution is 5.89. The van der Waals surface area contributed by atoms with E-state index in [2.05, 4.69) is 31.8 Å². The normalized spacial score (nSPS) is 14.2. The minimum absolute atomic E-state index is 0.0586. The largest absolute Gasteiger partial charge is 0.481 e. The molecule has 16 nitrogen and oxygen atoms in total. The van der Waals surface area contributed by atoms with Crippen molar-refractivity contribution in [3.8, 4) is 11.1 Å². The molecular formula is C41H52N6O10. The van der Waals surface area contributed by atoms with Crippen LogP contribution in [0.4, 0.5) is 4.79 Å². The average Bonchev–Trinajstić information content (AvgIpc) is 3.48. The fourth-order valence-corrected chi connectivity index (χ4v) is 6.32. The van der Waals surface area contributed by atoms with E-state index in [4.69, 9.17) is 9.47 Å². The highest BCUT2D eigenvalue weighted by Crippen LogP contribution is 2.44. The van der Waals surface area contributed by atoms with Crippen LogP contribution in [0.3, 0.4) is 0 Å². The summed E-state index contributed by atoms with van der Waals surface area (Å²) in [5.74, 6) is -4.56. The van der Waals surface area contributed by atoms with Crippen molar-refractivity contribution in [2.45, 2.75) is 102 Å². The van der Waals surface area contributed by atoms with Gasteiger partial charge in [0.05, 0.1) is 0 Å². The Morgan fingerprint density at radius 2 is 1.44 bits per heavy atom. The molecule has 4 atom stereocenters. The summed E-state index contributed by atoms with van der Waals surface area (Å²) >= 11 is 0. The van der Waals surface area contributed by atoms with Crippen LogP contribution in [0.5, 0.6) is 0 Å². The molecule has 0 radical (unpaired) electrons. The molecule has 7 N–H and O–H groups in total. The molecule has 1 heterocycles. The number of hydrazine groups is 1. The van der Waals surface area contributed by atoms with Gasteiger partial charge in [-0.05, 0) is 93.7 Å². The van der Waals surface area contributed by atoms with Gasteiger partial charge in [0.15, 0.2) is 0 Å². The summed E-state index contributed by atoms with van der Waals surface area (Å²) in [7, 11) is 0. The van der Waals surface area contributed by atoms with Crippen molar-refractivity contribution in [1.29, 1.82) is 0 Å². The Kier molecular flexibility index (Phi) is 16.1. The van der Waals surface area contributed by atoms with Gasteiger partial charge in [-0.3, -0.25) is 24.8 Å². The lowest BCUT2D eigenvalue weighted by atomic mass is 9.98. The molecule has 4 rings (SSSR count). The summed E-state index contributed by atoms with van der Waals surface area (Å²) < 4.78 is 10.9. The number of carboxylic acid groups (broad SMARTS) is 2. The third kappa shape index (κ3) is 13.7. The summed E-state index contributed by atoms with van der Waals surface area (Å²) in [5.41, 5.74) is 10.0. The molecule has 1 aliphatic carbocycles. The molecule has 57 heavy (non-hydrogen) atoms. The molecule has 16 heteroatoms. The molecule has 3 aromatic rings. The molecule has 0 saturated carbocycles. The minimum Gasteiger partial charge on any atom is -0.481 e. The SMILES string of the molecule is C[C@H](NC(=O)OCC1c2ccccc2-c2ccccc21)C(=O)N[C@@H](CCCCNN[C@@H](Cc1cccnc1)C(=O)N[C@@H](CCC(=O)O)C(=O)OC(C)(C)C)C(=O)O. The monoisotopic (exact) mass is 788 g/mol. The number of aromatic nitrogens is 1. The van der Waals surface area contributed by atoms with E-state index in [1.165, 1.54) is 6.92 Å². The number of alkyl carbamates (subject to hydrolysis) is 1. The van der Waals surface area contributed by atoms with E-state index in [-0.39, 0.29) is 38.2 Å². The Morgan fingerprint density at radius 3 is 2.04 bits per heavy atom. The molecule has 0 fully saturated rings. The van der Waals surface area contributed by atoms with Gasteiger partial charge in [0.1, 0.15) is 36.4 Å². The van der Waals surface area contributed by atoms with E-state index in [0.717, 1.165) is 22.3 Å². The first kappa shape index (κ1) is 43.9. The van der Waals surface area contributed by atoms with Crippen molar-refractivity contribution in [2.75, 3.05) is 13.2 Å². The van der Waals surface area contributed by atoms with E-state index in [1.807, 2.05) is 48.5 Å². The van der Waals surface area contributed by atoms with Gasteiger partial charge in [-0.15, -0.1) is 0 Å². The van der Waals surface area contributed by atoms with E-state index in [0.29, 0.717) is 24.9 Å². The molecule has 1 aliphatic rings. The first-order valence-electron chi connectivity index (χ1n) is 18.9. The Bertz CT molecular complexity index is 1820. The molecule has 306 valence electrons. The topological polar surface area (TPSA) is 234 Å². The van der Waals surface area contributed by atoms with Gasteiger partial charge in [0.2, 0.25) is 11.8 Å². The Labute approximate surface area is 331 Å². The van der Waals surface area contributed by atoms with Gasteiger partial charge < -0.3 is 35.6 Å². The number of nitrogens with one attached hydrogen (secondary N) is 5. The van der Waals surface area contributed by atoms with Crippen LogP contribution < -0.4 is 26.8 Å². The van der Waals surface area contributed by atoms with Gasteiger partial charge in [-0.1, -0.05) is 54.6 Å². The number of amides is 3. The smallest absolute Gasteiger partial charge is 0.407 e. The van der Waals surface area contributed by atoms with E-state index in [1.54, 1.807) is 45.3 Å². The van der Waals surface area contributed by atoms with Gasteiger partial charge in [0, 0.05) is 31.3 Å². The van der Waals surface area contributed by atoms with E-state index >= 15 is 0 Å². The zero-order chi connectivity index (χ0) is 41.5. The maximum absolute atomic E-state index is 13.4. The van der Waals surface area contributed by atoms with Crippen molar-refractivity contribution in [2.24, 2.45) is 0 Å². The van der Waals surface area contributed by atoms with Gasteiger partial charge in [-0.2, -0.15) is 0 Å². The van der Waals surface area contributed by atoms with E-state index in [9.17, 15) is 39.0 Å². The molecule has 2 aromatic carbocycles. The van der Waals surface area contributed by atoms with E-state index < -0.39 is 65.6 Å². The lowest BCUT2D eigenvalue weighted by Crippen LogP contribution is -2.55.